The Morgan fingerprint density at radius 2 is 1.71 bits per heavy atom. The molecule has 6 unspecified atom stereocenters. The van der Waals surface area contributed by atoms with Crippen LogP contribution in [0.25, 0.3) is 0 Å². The average Bonchev–Trinajstić information content (AvgIpc) is 3.44. The maximum absolute atomic E-state index is 13.2. The van der Waals surface area contributed by atoms with Crippen LogP contribution in [0.2, 0.25) is 0 Å². The lowest BCUT2D eigenvalue weighted by Crippen LogP contribution is -2.46. The summed E-state index contributed by atoms with van der Waals surface area (Å²) in [5, 5.41) is 30.2. The van der Waals surface area contributed by atoms with E-state index in [-0.39, 0.29) is 19.3 Å². The van der Waals surface area contributed by atoms with Crippen molar-refractivity contribution < 1.29 is 56.8 Å². The van der Waals surface area contributed by atoms with E-state index in [4.69, 9.17) is 26.0 Å². The molecule has 250 valence electrons. The molecule has 1 aliphatic heterocycles. The van der Waals surface area contributed by atoms with Gasteiger partial charge in [-0.2, -0.15) is 18.4 Å². The second-order valence-electron chi connectivity index (χ2n) is 10.4. The zero-order chi connectivity index (χ0) is 34.5. The highest BCUT2D eigenvalue weighted by atomic mass is 31.2. The third kappa shape index (κ3) is 13.3. The summed E-state index contributed by atoms with van der Waals surface area (Å²) in [5.41, 5.74) is 6.67. The predicted molar refractivity (Wildman–Crippen MR) is 152 cm³/mol. The zero-order valence-corrected chi connectivity index (χ0v) is 25.5. The molecule has 18 heteroatoms. The molecule has 0 aliphatic carbocycles. The fraction of sp³-hybridized carbons (Fsp3) is 0.556. The number of carboxylic acids is 2. The minimum atomic E-state index is -5.08. The normalized spacial score (nSPS) is 18.4. The van der Waals surface area contributed by atoms with Crippen LogP contribution in [0.1, 0.15) is 45.1 Å². The number of rotatable bonds is 13. The van der Waals surface area contributed by atoms with Crippen LogP contribution in [0.4, 0.5) is 13.2 Å². The van der Waals surface area contributed by atoms with E-state index in [2.05, 4.69) is 16.7 Å². The Morgan fingerprint density at radius 3 is 2.22 bits per heavy atom. The molecule has 1 heterocycles. The number of nitrogens with one attached hydrogen (secondary N) is 2. The van der Waals surface area contributed by atoms with Crippen LogP contribution in [-0.2, 0) is 35.0 Å². The number of nitrogens with two attached hydrogens (primary N) is 1. The number of aliphatic carboxylic acids is 2. The second kappa shape index (κ2) is 17.5. The topological polar surface area (TPSA) is 240 Å². The van der Waals surface area contributed by atoms with Crippen LogP contribution in [0.15, 0.2) is 30.3 Å². The van der Waals surface area contributed by atoms with Gasteiger partial charge in [0.15, 0.2) is 0 Å². The van der Waals surface area contributed by atoms with Crippen LogP contribution >= 0.6 is 7.37 Å². The molecule has 0 saturated carbocycles. The van der Waals surface area contributed by atoms with Crippen LogP contribution in [0, 0.1) is 17.2 Å². The molecular weight excluding hydrogens is 626 g/mol. The average molecular weight is 664 g/mol. The maximum Gasteiger partial charge on any atom is 0.490 e. The highest BCUT2D eigenvalue weighted by Gasteiger charge is 2.38. The molecule has 0 aromatic heterocycles. The number of carbonyl (C=O) groups is 5. The Balaban J connectivity index is 0.00000129. The van der Waals surface area contributed by atoms with Crippen molar-refractivity contribution in [2.24, 2.45) is 11.7 Å². The lowest BCUT2D eigenvalue weighted by molar-refractivity contribution is -0.192. The number of nitriles is 1. The van der Waals surface area contributed by atoms with E-state index in [0.29, 0.717) is 19.4 Å². The first-order valence-corrected chi connectivity index (χ1v) is 15.6. The van der Waals surface area contributed by atoms with Gasteiger partial charge in [-0.1, -0.05) is 30.3 Å². The van der Waals surface area contributed by atoms with Crippen LogP contribution < -0.4 is 16.4 Å². The van der Waals surface area contributed by atoms with Gasteiger partial charge >= 0.3 is 18.1 Å². The number of amides is 3. The molecule has 2 rings (SSSR count). The summed E-state index contributed by atoms with van der Waals surface area (Å²) < 4.78 is 44.9. The lowest BCUT2D eigenvalue weighted by Gasteiger charge is -2.26. The summed E-state index contributed by atoms with van der Waals surface area (Å²) in [6, 6.07) is 8.16. The summed E-state index contributed by atoms with van der Waals surface area (Å²) in [5.74, 6) is -7.90. The monoisotopic (exact) mass is 663 g/mol. The standard InChI is InChI=1S/C25H36N5O7P.C2HF3O2/c1-16(25(34)35)28-23(32)19(13-18-7-4-3-5-8-18)15-38(36,37)17(2)29-22(31)11-10-21(27)24(33)30-12-6-9-20(30)14-26;3-2(4,5)1(6)7/h3-5,7-8,16-17,19-21H,6,9-13,15,27H2,1-2H3,(H,28,32)(H,29,31)(H,34,35)(H,36,37);(H,6,7). The van der Waals surface area contributed by atoms with E-state index >= 15 is 0 Å². The van der Waals surface area contributed by atoms with Gasteiger partial charge in [0.2, 0.25) is 25.1 Å². The van der Waals surface area contributed by atoms with Crippen molar-refractivity contribution in [3.8, 4) is 6.07 Å². The molecule has 1 aromatic carbocycles. The maximum atomic E-state index is 13.2. The minimum absolute atomic E-state index is 0.00607. The van der Waals surface area contributed by atoms with Gasteiger partial charge in [0.05, 0.1) is 18.0 Å². The van der Waals surface area contributed by atoms with Crippen LogP contribution in [0.5, 0.6) is 0 Å². The summed E-state index contributed by atoms with van der Waals surface area (Å²) in [6.45, 7) is 3.08. The first kappa shape index (κ1) is 39.0. The fourth-order valence-electron chi connectivity index (χ4n) is 4.20. The number of alkyl halides is 3. The molecule has 14 nitrogen and oxygen atoms in total. The molecule has 0 radical (unpaired) electrons. The molecule has 1 aromatic rings. The summed E-state index contributed by atoms with van der Waals surface area (Å²) in [6.07, 6.45) is -4.36. The predicted octanol–water partition coefficient (Wildman–Crippen LogP) is 1.42. The number of hydrogen-bond acceptors (Lipinski definition) is 8. The molecule has 3 amide bonds. The second-order valence-corrected chi connectivity index (χ2v) is 13.1. The molecule has 6 atom stereocenters. The smallest absolute Gasteiger partial charge is 0.480 e. The molecule has 7 N–H and O–H groups in total. The van der Waals surface area contributed by atoms with E-state index in [1.807, 2.05) is 0 Å². The molecule has 1 saturated heterocycles. The highest BCUT2D eigenvalue weighted by molar-refractivity contribution is 7.58. The molecule has 0 bridgehead atoms. The van der Waals surface area contributed by atoms with Crippen LogP contribution in [0.3, 0.4) is 0 Å². The van der Waals surface area contributed by atoms with Gasteiger partial charge in [0.25, 0.3) is 0 Å². The fourth-order valence-corrected chi connectivity index (χ4v) is 5.79. The molecule has 1 aliphatic rings. The SMILES string of the molecule is CC(NC(=O)C(Cc1ccccc1)CP(=O)(O)C(C)NC(=O)CCC(N)C(=O)N1CCCC1C#N)C(=O)O.O=C(O)C(F)(F)F. The van der Waals surface area contributed by atoms with Gasteiger partial charge in [0, 0.05) is 19.1 Å². The summed E-state index contributed by atoms with van der Waals surface area (Å²) in [4.78, 5) is 70.1. The number of carbonyl (C=O) groups excluding carboxylic acids is 3. The number of hydrogen-bond donors (Lipinski definition) is 6. The van der Waals surface area contributed by atoms with E-state index in [0.717, 1.165) is 5.56 Å². The van der Waals surface area contributed by atoms with Crippen LogP contribution in [-0.4, -0.2) is 92.5 Å². The van der Waals surface area contributed by atoms with Crippen molar-refractivity contribution in [1.82, 2.24) is 15.5 Å². The van der Waals surface area contributed by atoms with Crippen molar-refractivity contribution >= 4 is 37.0 Å². The quantitative estimate of drug-likeness (QED) is 0.165. The van der Waals surface area contributed by atoms with E-state index < -0.39 is 79.2 Å². The zero-order valence-electron chi connectivity index (χ0n) is 24.6. The molecule has 45 heavy (non-hydrogen) atoms. The first-order chi connectivity index (χ1) is 20.8. The van der Waals surface area contributed by atoms with E-state index in [1.165, 1.54) is 18.7 Å². The third-order valence-electron chi connectivity index (χ3n) is 6.81. The third-order valence-corrected chi connectivity index (χ3v) is 9.11. The minimum Gasteiger partial charge on any atom is -0.480 e. The summed E-state index contributed by atoms with van der Waals surface area (Å²) in [7, 11) is -4.13. The van der Waals surface area contributed by atoms with Crippen molar-refractivity contribution in [2.45, 2.75) is 76.0 Å². The number of nitrogens with zero attached hydrogens (tertiary/aromatic N) is 2. The number of halogens is 3. The molecule has 1 fully saturated rings. The molecule has 0 spiro atoms. The molecular formula is C27H37F3N5O9P. The van der Waals surface area contributed by atoms with Crippen molar-refractivity contribution in [1.29, 1.82) is 5.26 Å². The number of benzene rings is 1. The van der Waals surface area contributed by atoms with E-state index in [1.54, 1.807) is 30.3 Å². The van der Waals surface area contributed by atoms with E-state index in [9.17, 15) is 41.8 Å². The van der Waals surface area contributed by atoms with Crippen molar-refractivity contribution in [3.63, 3.8) is 0 Å². The van der Waals surface area contributed by atoms with Gasteiger partial charge < -0.3 is 36.4 Å². The number of carboxylic acid groups (broad SMARTS) is 2. The van der Waals surface area contributed by atoms with Crippen molar-refractivity contribution in [3.05, 3.63) is 35.9 Å². The lowest BCUT2D eigenvalue weighted by atomic mass is 10.00. The summed E-state index contributed by atoms with van der Waals surface area (Å²) >= 11 is 0. The Kier molecular flexibility index (Phi) is 15.2. The first-order valence-electron chi connectivity index (χ1n) is 13.7. The Hall–Kier alpha value is -4.00. The van der Waals surface area contributed by atoms with Gasteiger partial charge in [-0.3, -0.25) is 23.7 Å². The number of likely N-dealkylation sites (tertiary alicyclic amines) is 1. The Labute approximate surface area is 257 Å². The Bertz CT molecular complexity index is 1290. The van der Waals surface area contributed by atoms with Gasteiger partial charge in [-0.05, 0) is 45.1 Å². The highest BCUT2D eigenvalue weighted by Crippen LogP contribution is 2.47. The largest absolute Gasteiger partial charge is 0.490 e. The van der Waals surface area contributed by atoms with Crippen molar-refractivity contribution in [2.75, 3.05) is 12.7 Å². The van der Waals surface area contributed by atoms with Gasteiger partial charge in [0.1, 0.15) is 17.9 Å². The Morgan fingerprint density at radius 1 is 1.13 bits per heavy atom. The van der Waals surface area contributed by atoms with Gasteiger partial charge in [-0.25, -0.2) is 4.79 Å². The van der Waals surface area contributed by atoms with Gasteiger partial charge in [-0.15, -0.1) is 0 Å².